The SMILES string of the molecule is CC[C@H](NP1(=O)OC[C@H]2O[C@@H](n3ccc(N)nc3=O)[C@](C)(O)[C@@H]2O1)C(=O)O. The zero-order valence-electron chi connectivity index (χ0n) is 14.6. The number of aliphatic hydroxyl groups is 1. The molecule has 5 N–H and O–H groups in total. The van der Waals surface area contributed by atoms with E-state index in [0.717, 1.165) is 4.57 Å². The summed E-state index contributed by atoms with van der Waals surface area (Å²) in [7, 11) is -4.02. The van der Waals surface area contributed by atoms with Crippen LogP contribution < -0.4 is 16.5 Å². The van der Waals surface area contributed by atoms with Crippen molar-refractivity contribution >= 4 is 19.5 Å². The number of fused-ring (bicyclic) bond motifs is 1. The van der Waals surface area contributed by atoms with Gasteiger partial charge in [0.2, 0.25) is 0 Å². The largest absolute Gasteiger partial charge is 0.480 e. The van der Waals surface area contributed by atoms with E-state index >= 15 is 0 Å². The number of carboxylic acids is 1. The van der Waals surface area contributed by atoms with E-state index in [4.69, 9.17) is 24.6 Å². The zero-order valence-corrected chi connectivity index (χ0v) is 15.5. The van der Waals surface area contributed by atoms with Crippen LogP contribution in [0.4, 0.5) is 5.82 Å². The van der Waals surface area contributed by atoms with Crippen LogP contribution in [-0.4, -0.2) is 56.2 Å². The summed E-state index contributed by atoms with van der Waals surface area (Å²) >= 11 is 0. The molecule has 2 saturated heterocycles. The number of nitrogen functional groups attached to an aromatic ring is 1. The second-order valence-electron chi connectivity index (χ2n) is 6.54. The predicted molar refractivity (Wildman–Crippen MR) is 90.7 cm³/mol. The number of anilines is 1. The van der Waals surface area contributed by atoms with E-state index in [-0.39, 0.29) is 18.8 Å². The van der Waals surface area contributed by atoms with Gasteiger partial charge in [-0.1, -0.05) is 6.92 Å². The Balaban J connectivity index is 1.85. The molecule has 150 valence electrons. The van der Waals surface area contributed by atoms with Gasteiger partial charge in [-0.15, -0.1) is 0 Å². The van der Waals surface area contributed by atoms with Gasteiger partial charge in [0.1, 0.15) is 29.7 Å². The van der Waals surface area contributed by atoms with E-state index in [2.05, 4.69) is 10.1 Å². The summed E-state index contributed by atoms with van der Waals surface area (Å²) in [5.74, 6) is -1.20. The minimum Gasteiger partial charge on any atom is -0.480 e. The topological polar surface area (TPSA) is 175 Å². The summed E-state index contributed by atoms with van der Waals surface area (Å²) in [6.45, 7) is 2.72. The number of ether oxygens (including phenoxy) is 1. The van der Waals surface area contributed by atoms with E-state index in [0.29, 0.717) is 0 Å². The van der Waals surface area contributed by atoms with Crippen molar-refractivity contribution in [1.29, 1.82) is 0 Å². The average molecular weight is 404 g/mol. The minimum atomic E-state index is -4.02. The van der Waals surface area contributed by atoms with Gasteiger partial charge in [-0.05, 0) is 19.4 Å². The number of aliphatic carboxylic acids is 1. The Morgan fingerprint density at radius 3 is 2.93 bits per heavy atom. The Bertz CT molecular complexity index is 843. The van der Waals surface area contributed by atoms with Gasteiger partial charge in [-0.3, -0.25) is 18.4 Å². The van der Waals surface area contributed by atoms with Crippen LogP contribution in [0.2, 0.25) is 0 Å². The lowest BCUT2D eigenvalue weighted by Crippen LogP contribution is -2.50. The molecule has 12 nitrogen and oxygen atoms in total. The lowest BCUT2D eigenvalue weighted by molar-refractivity contribution is -0.139. The Morgan fingerprint density at radius 2 is 2.33 bits per heavy atom. The van der Waals surface area contributed by atoms with Gasteiger partial charge in [0, 0.05) is 6.20 Å². The summed E-state index contributed by atoms with van der Waals surface area (Å²) in [4.78, 5) is 26.9. The quantitative estimate of drug-likeness (QED) is 0.463. The Morgan fingerprint density at radius 1 is 1.63 bits per heavy atom. The third-order valence-corrected chi connectivity index (χ3v) is 6.12. The highest BCUT2D eigenvalue weighted by molar-refractivity contribution is 7.51. The fourth-order valence-electron chi connectivity index (χ4n) is 3.08. The molecule has 0 amide bonds. The molecule has 0 aliphatic carbocycles. The van der Waals surface area contributed by atoms with Crippen LogP contribution in [0.15, 0.2) is 17.1 Å². The molecule has 1 aromatic rings. The molecule has 2 aliphatic heterocycles. The van der Waals surface area contributed by atoms with Crippen LogP contribution in [0.5, 0.6) is 0 Å². The number of hydrogen-bond acceptors (Lipinski definition) is 9. The molecule has 3 rings (SSSR count). The molecular formula is C14H21N4O8P. The highest BCUT2D eigenvalue weighted by atomic mass is 31.2. The first-order valence-electron chi connectivity index (χ1n) is 8.23. The maximum Gasteiger partial charge on any atom is 0.406 e. The van der Waals surface area contributed by atoms with Gasteiger partial charge in [0.25, 0.3) is 0 Å². The lowest BCUT2D eigenvalue weighted by Gasteiger charge is -2.36. The van der Waals surface area contributed by atoms with Crippen LogP contribution >= 0.6 is 7.75 Å². The molecule has 1 aromatic heterocycles. The van der Waals surface area contributed by atoms with Crippen molar-refractivity contribution in [2.75, 3.05) is 12.3 Å². The summed E-state index contributed by atoms with van der Waals surface area (Å²) in [5, 5.41) is 22.4. The van der Waals surface area contributed by atoms with Gasteiger partial charge in [-0.25, -0.2) is 14.4 Å². The molecule has 2 aliphatic rings. The van der Waals surface area contributed by atoms with Crippen molar-refractivity contribution in [3.63, 3.8) is 0 Å². The number of nitrogens with zero attached hydrogens (tertiary/aromatic N) is 2. The molecule has 13 heteroatoms. The molecule has 0 saturated carbocycles. The molecule has 6 atom stereocenters. The van der Waals surface area contributed by atoms with Crippen molar-refractivity contribution in [2.24, 2.45) is 0 Å². The van der Waals surface area contributed by atoms with Gasteiger partial charge in [-0.2, -0.15) is 4.98 Å². The van der Waals surface area contributed by atoms with Gasteiger partial charge < -0.3 is 20.7 Å². The molecule has 0 bridgehead atoms. The van der Waals surface area contributed by atoms with E-state index < -0.39 is 49.5 Å². The first-order chi connectivity index (χ1) is 12.6. The van der Waals surface area contributed by atoms with E-state index in [1.807, 2.05) is 0 Å². The minimum absolute atomic E-state index is 0.0128. The van der Waals surface area contributed by atoms with E-state index in [9.17, 15) is 19.3 Å². The van der Waals surface area contributed by atoms with Crippen molar-refractivity contribution in [1.82, 2.24) is 14.6 Å². The number of aromatic nitrogens is 2. The van der Waals surface area contributed by atoms with Crippen LogP contribution in [0, 0.1) is 0 Å². The summed E-state index contributed by atoms with van der Waals surface area (Å²) in [5.41, 5.74) is 2.95. The normalized spacial score (nSPS) is 36.9. The number of carbonyl (C=O) groups is 1. The lowest BCUT2D eigenvalue weighted by atomic mass is 9.96. The molecule has 1 unspecified atom stereocenters. The van der Waals surface area contributed by atoms with Crippen LogP contribution in [0.25, 0.3) is 0 Å². The third-order valence-electron chi connectivity index (χ3n) is 4.50. The molecule has 27 heavy (non-hydrogen) atoms. The molecule has 0 spiro atoms. The third kappa shape index (κ3) is 3.64. The zero-order chi connectivity index (χ0) is 20.0. The highest BCUT2D eigenvalue weighted by Crippen LogP contribution is 2.55. The molecular weight excluding hydrogens is 383 g/mol. The number of nitrogens with one attached hydrogen (secondary N) is 1. The summed E-state index contributed by atoms with van der Waals surface area (Å²) in [6, 6.07) is 0.213. The Kier molecular flexibility index (Phi) is 5.14. The predicted octanol–water partition coefficient (Wildman–Crippen LogP) is -0.550. The van der Waals surface area contributed by atoms with Gasteiger partial charge in [0.15, 0.2) is 6.23 Å². The second-order valence-corrected chi connectivity index (χ2v) is 8.26. The maximum absolute atomic E-state index is 12.8. The second kappa shape index (κ2) is 6.97. The fraction of sp³-hybridized carbons (Fsp3) is 0.643. The van der Waals surface area contributed by atoms with Crippen molar-refractivity contribution in [3.05, 3.63) is 22.7 Å². The number of hydrogen-bond donors (Lipinski definition) is 4. The maximum atomic E-state index is 12.8. The number of nitrogens with two attached hydrogens (primary N) is 1. The summed E-state index contributed by atoms with van der Waals surface area (Å²) < 4.78 is 30.2. The smallest absolute Gasteiger partial charge is 0.406 e. The first-order valence-corrected chi connectivity index (χ1v) is 9.77. The first kappa shape index (κ1) is 19.9. The van der Waals surface area contributed by atoms with Crippen molar-refractivity contribution in [3.8, 4) is 0 Å². The summed E-state index contributed by atoms with van der Waals surface area (Å²) in [6.07, 6.45) is -1.70. The number of carboxylic acid groups (broad SMARTS) is 1. The van der Waals surface area contributed by atoms with Crippen LogP contribution in [-0.2, 0) is 23.1 Å². The number of rotatable bonds is 5. The molecule has 0 aromatic carbocycles. The van der Waals surface area contributed by atoms with Crippen LogP contribution in [0.3, 0.4) is 0 Å². The Labute approximate surface area is 153 Å². The Hall–Kier alpha value is -1.82. The monoisotopic (exact) mass is 404 g/mol. The van der Waals surface area contributed by atoms with Crippen LogP contribution in [0.1, 0.15) is 26.5 Å². The molecule has 2 fully saturated rings. The van der Waals surface area contributed by atoms with Gasteiger partial charge in [0.05, 0.1) is 6.61 Å². The van der Waals surface area contributed by atoms with Crippen molar-refractivity contribution < 1.29 is 33.4 Å². The highest BCUT2D eigenvalue weighted by Gasteiger charge is 2.60. The van der Waals surface area contributed by atoms with E-state index in [1.54, 1.807) is 6.92 Å². The van der Waals surface area contributed by atoms with E-state index in [1.165, 1.54) is 19.2 Å². The van der Waals surface area contributed by atoms with Gasteiger partial charge >= 0.3 is 19.4 Å². The average Bonchev–Trinajstić information content (AvgIpc) is 2.83. The standard InChI is InChI=1S/C14H21N4O8P/c1-3-7(11(19)20)17-27(23)24-6-8-10(26-27)14(2,22)12(25-8)18-5-4-9(15)16-13(18)21/h4-5,7-8,10,12,22H,3,6H2,1-2H3,(H,17,23)(H,19,20)(H2,15,16,21)/t7-,8+,10+,12+,14+,27?/m0/s1. The fourth-order valence-corrected chi connectivity index (χ4v) is 4.94. The molecule has 0 radical (unpaired) electrons. The molecule has 3 heterocycles. The van der Waals surface area contributed by atoms with Crippen molar-refractivity contribution in [2.45, 2.75) is 50.3 Å².